The second kappa shape index (κ2) is 6.10. The third-order valence-electron chi connectivity index (χ3n) is 3.44. The third-order valence-corrected chi connectivity index (χ3v) is 3.44. The summed E-state index contributed by atoms with van der Waals surface area (Å²) in [6.45, 7) is 2.60. The van der Waals surface area contributed by atoms with Crippen molar-refractivity contribution in [3.63, 3.8) is 0 Å². The summed E-state index contributed by atoms with van der Waals surface area (Å²) >= 11 is 0. The first kappa shape index (κ1) is 13.9. The van der Waals surface area contributed by atoms with Crippen molar-refractivity contribution in [3.05, 3.63) is 41.6 Å². The summed E-state index contributed by atoms with van der Waals surface area (Å²) in [5, 5.41) is 24.2. The number of hydrogen-bond acceptors (Lipinski definition) is 4. The molecule has 4 nitrogen and oxygen atoms in total. The van der Waals surface area contributed by atoms with Gasteiger partial charge in [0.05, 0.1) is 11.6 Å². The van der Waals surface area contributed by atoms with Crippen LogP contribution in [0, 0.1) is 6.92 Å². The smallest absolute Gasteiger partial charge is 0.105 e. The lowest BCUT2D eigenvalue weighted by molar-refractivity contribution is 0.0137. The van der Waals surface area contributed by atoms with Crippen LogP contribution in [0.1, 0.15) is 23.7 Å². The Balaban J connectivity index is 2.32. The molecule has 102 valence electrons. The summed E-state index contributed by atoms with van der Waals surface area (Å²) in [6, 6.07) is 7.67. The fraction of sp³-hybridized carbons (Fsp3) is 0.400. The van der Waals surface area contributed by atoms with Crippen molar-refractivity contribution in [2.24, 2.45) is 0 Å². The van der Waals surface area contributed by atoms with Gasteiger partial charge < -0.3 is 15.5 Å². The highest BCUT2D eigenvalue weighted by Crippen LogP contribution is 2.27. The molecule has 2 atom stereocenters. The van der Waals surface area contributed by atoms with Crippen LogP contribution in [0.15, 0.2) is 30.5 Å². The molecule has 0 aliphatic carbocycles. The van der Waals surface area contributed by atoms with E-state index in [1.807, 2.05) is 38.2 Å². The van der Waals surface area contributed by atoms with Crippen LogP contribution in [-0.4, -0.2) is 34.9 Å². The van der Waals surface area contributed by atoms with Gasteiger partial charge in [-0.2, -0.15) is 0 Å². The Morgan fingerprint density at radius 1 is 1.26 bits per heavy atom. The Morgan fingerprint density at radius 3 is 2.79 bits per heavy atom. The van der Waals surface area contributed by atoms with Crippen LogP contribution >= 0.6 is 0 Å². The normalized spacial score (nSPS) is 14.5. The summed E-state index contributed by atoms with van der Waals surface area (Å²) in [7, 11) is 1.82. The molecule has 3 N–H and O–H groups in total. The Bertz CT molecular complexity index is 557. The molecule has 1 heterocycles. The van der Waals surface area contributed by atoms with E-state index in [1.54, 1.807) is 6.20 Å². The van der Waals surface area contributed by atoms with E-state index in [-0.39, 0.29) is 0 Å². The van der Waals surface area contributed by atoms with Crippen molar-refractivity contribution in [3.8, 4) is 0 Å². The molecule has 0 amide bonds. The van der Waals surface area contributed by atoms with E-state index in [1.165, 1.54) is 0 Å². The van der Waals surface area contributed by atoms with Crippen molar-refractivity contribution >= 4 is 10.9 Å². The highest BCUT2D eigenvalue weighted by molar-refractivity contribution is 5.82. The molecule has 2 unspecified atom stereocenters. The molecule has 0 saturated heterocycles. The van der Waals surface area contributed by atoms with Crippen molar-refractivity contribution < 1.29 is 10.2 Å². The van der Waals surface area contributed by atoms with Gasteiger partial charge in [0.25, 0.3) is 0 Å². The van der Waals surface area contributed by atoms with Crippen LogP contribution in [0.4, 0.5) is 0 Å². The first-order valence-corrected chi connectivity index (χ1v) is 6.50. The zero-order chi connectivity index (χ0) is 13.8. The first-order chi connectivity index (χ1) is 9.15. The molecule has 0 aliphatic rings. The van der Waals surface area contributed by atoms with E-state index in [4.69, 9.17) is 0 Å². The lowest BCUT2D eigenvalue weighted by atomic mass is 9.95. The van der Waals surface area contributed by atoms with E-state index in [9.17, 15) is 10.2 Å². The topological polar surface area (TPSA) is 65.4 Å². The highest BCUT2D eigenvalue weighted by atomic mass is 16.3. The Hall–Kier alpha value is -1.49. The maximum Gasteiger partial charge on any atom is 0.105 e. The number of aromatic nitrogens is 1. The van der Waals surface area contributed by atoms with Gasteiger partial charge in [-0.25, -0.2) is 0 Å². The molecular formula is C15H20N2O2. The quantitative estimate of drug-likeness (QED) is 0.763. The second-order valence-corrected chi connectivity index (χ2v) is 4.76. The van der Waals surface area contributed by atoms with Crippen LogP contribution in [0.5, 0.6) is 0 Å². The van der Waals surface area contributed by atoms with Crippen LogP contribution in [-0.2, 0) is 0 Å². The average molecular weight is 260 g/mol. The summed E-state index contributed by atoms with van der Waals surface area (Å²) in [6.07, 6.45) is 0.604. The maximum atomic E-state index is 10.3. The van der Waals surface area contributed by atoms with Crippen molar-refractivity contribution in [2.75, 3.05) is 13.6 Å². The molecule has 2 aromatic rings. The molecule has 0 aliphatic heterocycles. The highest BCUT2D eigenvalue weighted by Gasteiger charge is 2.20. The number of nitrogens with one attached hydrogen (secondary N) is 1. The summed E-state index contributed by atoms with van der Waals surface area (Å²) in [4.78, 5) is 4.34. The lowest BCUT2D eigenvalue weighted by Crippen LogP contribution is -2.23. The van der Waals surface area contributed by atoms with Gasteiger partial charge in [-0.1, -0.05) is 18.2 Å². The molecule has 4 heteroatoms. The minimum atomic E-state index is -0.875. The molecule has 2 rings (SSSR count). The number of pyridine rings is 1. The fourth-order valence-electron chi connectivity index (χ4n) is 2.28. The van der Waals surface area contributed by atoms with E-state index >= 15 is 0 Å². The molecule has 0 spiro atoms. The standard InChI is InChI=1S/C15H20N2O2/c1-10-12(15(19)13(18)7-9-16-2)6-5-11-4-3-8-17-14(10)11/h3-6,8,13,15-16,18-19H,7,9H2,1-2H3. The van der Waals surface area contributed by atoms with E-state index in [0.717, 1.165) is 22.0 Å². The van der Waals surface area contributed by atoms with Crippen molar-refractivity contribution in [2.45, 2.75) is 25.6 Å². The minimum absolute atomic E-state index is 0.511. The van der Waals surface area contributed by atoms with Crippen LogP contribution < -0.4 is 5.32 Å². The van der Waals surface area contributed by atoms with Crippen LogP contribution in [0.25, 0.3) is 10.9 Å². The SMILES string of the molecule is CNCCC(O)C(O)c1ccc2cccnc2c1C. The van der Waals surface area contributed by atoms with Crippen LogP contribution in [0.3, 0.4) is 0 Å². The van der Waals surface area contributed by atoms with E-state index < -0.39 is 12.2 Å². The van der Waals surface area contributed by atoms with Gasteiger partial charge in [0.1, 0.15) is 6.10 Å². The predicted octanol–water partition coefficient (Wildman–Crippen LogP) is 1.55. The average Bonchev–Trinajstić information content (AvgIpc) is 2.44. The number of hydrogen-bond donors (Lipinski definition) is 3. The second-order valence-electron chi connectivity index (χ2n) is 4.76. The Kier molecular flexibility index (Phi) is 4.47. The van der Waals surface area contributed by atoms with E-state index in [0.29, 0.717) is 13.0 Å². The number of aliphatic hydroxyl groups excluding tert-OH is 2. The number of nitrogens with zero attached hydrogens (tertiary/aromatic N) is 1. The molecule has 0 radical (unpaired) electrons. The third kappa shape index (κ3) is 2.92. The van der Waals surface area contributed by atoms with Gasteiger partial charge in [0.2, 0.25) is 0 Å². The largest absolute Gasteiger partial charge is 0.390 e. The summed E-state index contributed by atoms with van der Waals surface area (Å²) in [5.41, 5.74) is 2.55. The van der Waals surface area contributed by atoms with Crippen molar-refractivity contribution in [1.29, 1.82) is 0 Å². The Morgan fingerprint density at radius 2 is 2.05 bits per heavy atom. The first-order valence-electron chi connectivity index (χ1n) is 6.50. The molecule has 1 aromatic carbocycles. The molecule has 19 heavy (non-hydrogen) atoms. The number of rotatable bonds is 5. The van der Waals surface area contributed by atoms with Gasteiger partial charge in [-0.05, 0) is 44.1 Å². The molecule has 0 fully saturated rings. The number of aryl methyl sites for hydroxylation is 1. The van der Waals surface area contributed by atoms with E-state index in [2.05, 4.69) is 10.3 Å². The van der Waals surface area contributed by atoms with Crippen LogP contribution in [0.2, 0.25) is 0 Å². The van der Waals surface area contributed by atoms with Gasteiger partial charge >= 0.3 is 0 Å². The zero-order valence-corrected chi connectivity index (χ0v) is 11.3. The maximum absolute atomic E-state index is 10.3. The van der Waals surface area contributed by atoms with Gasteiger partial charge in [0, 0.05) is 11.6 Å². The molecule has 1 aromatic heterocycles. The minimum Gasteiger partial charge on any atom is -0.390 e. The fourth-order valence-corrected chi connectivity index (χ4v) is 2.28. The van der Waals surface area contributed by atoms with Crippen molar-refractivity contribution in [1.82, 2.24) is 10.3 Å². The van der Waals surface area contributed by atoms with Gasteiger partial charge in [-0.3, -0.25) is 4.98 Å². The lowest BCUT2D eigenvalue weighted by Gasteiger charge is -2.20. The molecular weight excluding hydrogens is 240 g/mol. The predicted molar refractivity (Wildman–Crippen MR) is 76.0 cm³/mol. The number of benzene rings is 1. The van der Waals surface area contributed by atoms with Gasteiger partial charge in [-0.15, -0.1) is 0 Å². The number of fused-ring (bicyclic) bond motifs is 1. The zero-order valence-electron chi connectivity index (χ0n) is 11.3. The molecule has 0 bridgehead atoms. The summed E-state index contributed by atoms with van der Waals surface area (Å²) < 4.78 is 0. The monoisotopic (exact) mass is 260 g/mol. The summed E-state index contributed by atoms with van der Waals surface area (Å²) in [5.74, 6) is 0. The molecule has 0 saturated carbocycles. The number of aliphatic hydroxyl groups is 2. The van der Waals surface area contributed by atoms with Gasteiger partial charge in [0.15, 0.2) is 0 Å². The Labute approximate surface area is 113 Å².